The van der Waals surface area contributed by atoms with Gasteiger partial charge in [0.15, 0.2) is 0 Å². The molecule has 2 heterocycles. The van der Waals surface area contributed by atoms with E-state index in [-0.39, 0.29) is 17.5 Å². The minimum atomic E-state index is -4.78. The second-order valence-electron chi connectivity index (χ2n) is 8.87. The van der Waals surface area contributed by atoms with E-state index in [0.717, 1.165) is 10.4 Å². The van der Waals surface area contributed by atoms with Gasteiger partial charge in [-0.05, 0) is 42.0 Å². The molecule has 220 valence electrons. The average molecular weight is 606 g/mol. The first-order valence-electron chi connectivity index (χ1n) is 11.9. The SMILES string of the molecule is CN(C)S(=O)(=O)c1ccc(C(F)(F)F)cc1NC(=O)Nc1cnc(Oc2ccc(-c3cc(CF)cnc3N)cc2)nc1. The number of alkyl halides is 4. The molecule has 0 saturated heterocycles. The van der Waals surface area contributed by atoms with E-state index in [4.69, 9.17) is 10.5 Å². The van der Waals surface area contributed by atoms with Gasteiger partial charge in [0.2, 0.25) is 10.0 Å². The molecule has 0 bridgehead atoms. The normalized spacial score (nSPS) is 11.8. The number of rotatable bonds is 8. The quantitative estimate of drug-likeness (QED) is 0.229. The van der Waals surface area contributed by atoms with Crippen LogP contribution in [0.3, 0.4) is 0 Å². The topological polar surface area (TPSA) is 152 Å². The minimum Gasteiger partial charge on any atom is -0.424 e. The third-order valence-electron chi connectivity index (χ3n) is 5.70. The zero-order chi connectivity index (χ0) is 30.7. The molecule has 0 unspecified atom stereocenters. The van der Waals surface area contributed by atoms with Gasteiger partial charge < -0.3 is 21.1 Å². The molecule has 0 aliphatic carbocycles. The molecular weight excluding hydrogens is 582 g/mol. The molecule has 16 heteroatoms. The number of pyridine rings is 1. The summed E-state index contributed by atoms with van der Waals surface area (Å²) in [5, 5.41) is 4.46. The molecule has 0 aliphatic rings. The average Bonchev–Trinajstić information content (AvgIpc) is 2.94. The van der Waals surface area contributed by atoms with Crippen molar-refractivity contribution in [3.8, 4) is 22.9 Å². The molecule has 11 nitrogen and oxygen atoms in total. The number of nitrogens with zero attached hydrogens (tertiary/aromatic N) is 4. The summed E-state index contributed by atoms with van der Waals surface area (Å²) in [4.78, 5) is 24.0. The largest absolute Gasteiger partial charge is 0.424 e. The second kappa shape index (κ2) is 12.0. The van der Waals surface area contributed by atoms with Crippen molar-refractivity contribution in [2.45, 2.75) is 17.7 Å². The van der Waals surface area contributed by atoms with Gasteiger partial charge in [-0.2, -0.15) is 13.2 Å². The molecule has 2 aromatic carbocycles. The van der Waals surface area contributed by atoms with Gasteiger partial charge in [0.1, 0.15) is 23.1 Å². The van der Waals surface area contributed by atoms with Crippen molar-refractivity contribution in [3.05, 3.63) is 78.2 Å². The van der Waals surface area contributed by atoms with Crippen molar-refractivity contribution in [3.63, 3.8) is 0 Å². The number of nitrogens with two attached hydrogens (primary N) is 1. The van der Waals surface area contributed by atoms with Gasteiger partial charge in [-0.1, -0.05) is 12.1 Å². The van der Waals surface area contributed by atoms with E-state index in [1.807, 2.05) is 0 Å². The van der Waals surface area contributed by atoms with Crippen LogP contribution in [0.1, 0.15) is 11.1 Å². The van der Waals surface area contributed by atoms with Gasteiger partial charge >= 0.3 is 18.2 Å². The summed E-state index contributed by atoms with van der Waals surface area (Å²) >= 11 is 0. The predicted octanol–water partition coefficient (Wildman–Crippen LogP) is 5.30. The van der Waals surface area contributed by atoms with Crippen molar-refractivity contribution in [1.29, 1.82) is 0 Å². The number of amides is 2. The molecule has 42 heavy (non-hydrogen) atoms. The molecule has 0 atom stereocenters. The number of hydrogen-bond acceptors (Lipinski definition) is 8. The van der Waals surface area contributed by atoms with Crippen LogP contribution in [0, 0.1) is 0 Å². The van der Waals surface area contributed by atoms with Gasteiger partial charge in [0, 0.05) is 31.4 Å². The Labute approximate surface area is 237 Å². The molecule has 0 aliphatic heterocycles. The van der Waals surface area contributed by atoms with Crippen LogP contribution in [0.4, 0.5) is 39.5 Å². The number of anilines is 3. The Morgan fingerprint density at radius 2 is 1.64 bits per heavy atom. The number of ether oxygens (including phenoxy) is 1. The fraction of sp³-hybridized carbons (Fsp3) is 0.154. The highest BCUT2D eigenvalue weighted by Gasteiger charge is 2.33. The number of carbonyl (C=O) groups is 1. The molecule has 4 N–H and O–H groups in total. The lowest BCUT2D eigenvalue weighted by molar-refractivity contribution is -0.137. The maximum absolute atomic E-state index is 13.2. The highest BCUT2D eigenvalue weighted by molar-refractivity contribution is 7.89. The van der Waals surface area contributed by atoms with E-state index in [1.165, 1.54) is 32.7 Å². The van der Waals surface area contributed by atoms with E-state index in [9.17, 15) is 30.8 Å². The van der Waals surface area contributed by atoms with Crippen LogP contribution < -0.4 is 21.1 Å². The number of benzene rings is 2. The van der Waals surface area contributed by atoms with Crippen LogP contribution in [0.2, 0.25) is 0 Å². The fourth-order valence-corrected chi connectivity index (χ4v) is 4.60. The number of urea groups is 1. The molecular formula is C26H23F4N7O4S. The lowest BCUT2D eigenvalue weighted by Crippen LogP contribution is -2.26. The molecule has 2 amide bonds. The zero-order valence-corrected chi connectivity index (χ0v) is 22.8. The number of carbonyl (C=O) groups excluding carboxylic acids is 1. The van der Waals surface area contributed by atoms with E-state index < -0.39 is 45.1 Å². The Kier molecular flexibility index (Phi) is 8.58. The molecule has 4 aromatic rings. The van der Waals surface area contributed by atoms with Crippen molar-refractivity contribution < 1.29 is 35.5 Å². The summed E-state index contributed by atoms with van der Waals surface area (Å²) in [6.07, 6.45) is -1.07. The molecule has 2 aromatic heterocycles. The monoisotopic (exact) mass is 605 g/mol. The van der Waals surface area contributed by atoms with Gasteiger partial charge in [-0.15, -0.1) is 0 Å². The van der Waals surface area contributed by atoms with Crippen LogP contribution >= 0.6 is 0 Å². The Bertz CT molecular complexity index is 1700. The van der Waals surface area contributed by atoms with Gasteiger partial charge in [0.05, 0.1) is 29.3 Å². The molecule has 4 rings (SSSR count). The lowest BCUT2D eigenvalue weighted by Gasteiger charge is -2.18. The van der Waals surface area contributed by atoms with Crippen molar-refractivity contribution >= 4 is 33.2 Å². The van der Waals surface area contributed by atoms with E-state index >= 15 is 0 Å². The first-order valence-corrected chi connectivity index (χ1v) is 13.3. The van der Waals surface area contributed by atoms with Crippen LogP contribution in [0.5, 0.6) is 11.8 Å². The smallest absolute Gasteiger partial charge is 0.416 e. The third-order valence-corrected chi connectivity index (χ3v) is 7.58. The number of sulfonamides is 1. The van der Waals surface area contributed by atoms with Crippen LogP contribution in [-0.4, -0.2) is 47.8 Å². The van der Waals surface area contributed by atoms with Gasteiger partial charge in [-0.3, -0.25) is 0 Å². The van der Waals surface area contributed by atoms with Crippen molar-refractivity contribution in [2.24, 2.45) is 0 Å². The summed E-state index contributed by atoms with van der Waals surface area (Å²) in [6, 6.07) is 8.94. The Morgan fingerprint density at radius 3 is 2.24 bits per heavy atom. The summed E-state index contributed by atoms with van der Waals surface area (Å²) in [5.41, 5.74) is 5.82. The summed E-state index contributed by atoms with van der Waals surface area (Å²) in [7, 11) is -1.79. The summed E-state index contributed by atoms with van der Waals surface area (Å²) in [6.45, 7) is -0.685. The third kappa shape index (κ3) is 6.90. The van der Waals surface area contributed by atoms with Crippen LogP contribution in [-0.2, 0) is 22.9 Å². The lowest BCUT2D eigenvalue weighted by atomic mass is 10.0. The number of aromatic nitrogens is 3. The minimum absolute atomic E-state index is 0.0370. The number of nitrogens with one attached hydrogen (secondary N) is 2. The first kappa shape index (κ1) is 30.1. The molecule has 0 saturated carbocycles. The fourth-order valence-electron chi connectivity index (χ4n) is 3.57. The predicted molar refractivity (Wildman–Crippen MR) is 146 cm³/mol. The van der Waals surface area contributed by atoms with Crippen LogP contribution in [0.25, 0.3) is 11.1 Å². The molecule has 0 radical (unpaired) electrons. The highest BCUT2D eigenvalue weighted by atomic mass is 32.2. The van der Waals surface area contributed by atoms with E-state index in [0.29, 0.717) is 34.6 Å². The standard InChI is InChI=1S/C26H23F4N7O4S/c1-37(2)42(39,40)22-8-5-17(26(28,29)30)10-21(22)36-24(38)35-18-13-33-25(34-14-18)41-19-6-3-16(4-7-19)20-9-15(11-27)12-32-23(20)31/h3-10,12-14H,11H2,1-2H3,(H2,31,32)(H2,35,36,38). The summed E-state index contributed by atoms with van der Waals surface area (Å²) < 4.78 is 84.3. The highest BCUT2D eigenvalue weighted by Crippen LogP contribution is 2.34. The van der Waals surface area contributed by atoms with Crippen LogP contribution in [0.15, 0.2) is 72.0 Å². The second-order valence-corrected chi connectivity index (χ2v) is 11.0. The van der Waals surface area contributed by atoms with Gasteiger partial charge in [-0.25, -0.2) is 36.9 Å². The number of hydrogen-bond donors (Lipinski definition) is 3. The van der Waals surface area contributed by atoms with Gasteiger partial charge in [0.25, 0.3) is 0 Å². The maximum Gasteiger partial charge on any atom is 0.416 e. The molecule has 0 fully saturated rings. The summed E-state index contributed by atoms with van der Waals surface area (Å²) in [5.74, 6) is 0.587. The van der Waals surface area contributed by atoms with E-state index in [2.05, 4.69) is 25.6 Å². The number of halogens is 4. The first-order chi connectivity index (χ1) is 19.8. The van der Waals surface area contributed by atoms with E-state index in [1.54, 1.807) is 30.3 Å². The Hall–Kier alpha value is -4.83. The molecule has 0 spiro atoms. The zero-order valence-electron chi connectivity index (χ0n) is 22.0. The Balaban J connectivity index is 1.45. The number of nitrogen functional groups attached to an aromatic ring is 1. The van der Waals surface area contributed by atoms with Crippen molar-refractivity contribution in [1.82, 2.24) is 19.3 Å². The maximum atomic E-state index is 13.2. The van der Waals surface area contributed by atoms with Crippen molar-refractivity contribution in [2.75, 3.05) is 30.5 Å². The Morgan fingerprint density at radius 1 is 0.976 bits per heavy atom.